The normalized spacial score (nSPS) is 15.1. The second-order valence-corrected chi connectivity index (χ2v) is 9.13. The van der Waals surface area contributed by atoms with Gasteiger partial charge in [-0.05, 0) is 24.3 Å². The lowest BCUT2D eigenvalue weighted by molar-refractivity contribution is -0.119. The number of ether oxygens (including phenoxy) is 2. The van der Waals surface area contributed by atoms with E-state index in [9.17, 15) is 18.0 Å². The summed E-state index contributed by atoms with van der Waals surface area (Å²) in [6.07, 6.45) is 0.713. The summed E-state index contributed by atoms with van der Waals surface area (Å²) in [6, 6.07) is 11.5. The third kappa shape index (κ3) is 4.21. The molecule has 0 radical (unpaired) electrons. The van der Waals surface area contributed by atoms with Crippen molar-refractivity contribution in [3.63, 3.8) is 0 Å². The van der Waals surface area contributed by atoms with E-state index in [-0.39, 0.29) is 36.7 Å². The summed E-state index contributed by atoms with van der Waals surface area (Å²) in [5.74, 6) is 0.539. The Morgan fingerprint density at radius 1 is 1.06 bits per heavy atom. The molecule has 0 spiro atoms. The van der Waals surface area contributed by atoms with Crippen molar-refractivity contribution >= 4 is 27.5 Å². The van der Waals surface area contributed by atoms with E-state index < -0.39 is 15.8 Å². The number of fused-ring (bicyclic) bond motifs is 1. The highest BCUT2D eigenvalue weighted by atomic mass is 32.2. The zero-order valence-corrected chi connectivity index (χ0v) is 18.3. The summed E-state index contributed by atoms with van der Waals surface area (Å²) in [5, 5.41) is 0. The molecule has 2 aromatic carbocycles. The molecular formula is C21H23N3O7S. The Labute approximate surface area is 184 Å². The molecule has 11 heteroatoms. The van der Waals surface area contributed by atoms with Crippen LogP contribution in [0.4, 0.5) is 0 Å². The minimum Gasteiger partial charge on any atom is -0.493 e. The molecular weight excluding hydrogens is 438 g/mol. The van der Waals surface area contributed by atoms with Gasteiger partial charge in [0.1, 0.15) is 6.61 Å². The zero-order chi connectivity index (χ0) is 22.7. The first-order valence-corrected chi connectivity index (χ1v) is 11.5. The number of carbonyl (C=O) groups excluding carboxylic acids is 1. The number of benzene rings is 2. The summed E-state index contributed by atoms with van der Waals surface area (Å²) >= 11 is 0. The van der Waals surface area contributed by atoms with Gasteiger partial charge in [-0.25, -0.2) is 13.2 Å². The van der Waals surface area contributed by atoms with E-state index in [0.29, 0.717) is 36.5 Å². The number of sulfonamides is 1. The first kappa shape index (κ1) is 21.9. The van der Waals surface area contributed by atoms with Crippen LogP contribution in [-0.2, 0) is 21.4 Å². The number of aromatic nitrogens is 1. The van der Waals surface area contributed by atoms with Crippen molar-refractivity contribution < 1.29 is 27.1 Å². The molecule has 170 valence electrons. The van der Waals surface area contributed by atoms with E-state index in [1.54, 1.807) is 25.3 Å². The van der Waals surface area contributed by atoms with Crippen LogP contribution in [0.5, 0.6) is 11.5 Å². The van der Waals surface area contributed by atoms with E-state index in [1.165, 1.54) is 25.9 Å². The van der Waals surface area contributed by atoms with Crippen molar-refractivity contribution in [2.24, 2.45) is 0 Å². The molecule has 1 aliphatic rings. The van der Waals surface area contributed by atoms with Gasteiger partial charge in [0.15, 0.2) is 17.1 Å². The molecule has 0 atom stereocenters. The number of oxazole rings is 1. The van der Waals surface area contributed by atoms with Gasteiger partial charge in [0.25, 0.3) is 0 Å². The lowest BCUT2D eigenvalue weighted by Gasteiger charge is -2.31. The van der Waals surface area contributed by atoms with Crippen LogP contribution in [0.15, 0.2) is 56.6 Å². The summed E-state index contributed by atoms with van der Waals surface area (Å²) in [5.41, 5.74) is 0.656. The van der Waals surface area contributed by atoms with E-state index >= 15 is 0 Å². The number of amides is 1. The molecule has 32 heavy (non-hydrogen) atoms. The van der Waals surface area contributed by atoms with Crippen LogP contribution in [0.25, 0.3) is 11.1 Å². The molecule has 2 heterocycles. The molecule has 0 bridgehead atoms. The predicted molar refractivity (Wildman–Crippen MR) is 115 cm³/mol. The Bertz CT molecular complexity index is 1270. The van der Waals surface area contributed by atoms with E-state index in [1.807, 2.05) is 12.1 Å². The van der Waals surface area contributed by atoms with Gasteiger partial charge in [0.05, 0.1) is 24.1 Å². The minimum atomic E-state index is -3.77. The molecule has 0 aliphatic carbocycles. The first-order chi connectivity index (χ1) is 15.4. The van der Waals surface area contributed by atoms with Crippen LogP contribution in [0, 0.1) is 0 Å². The molecule has 0 N–H and O–H groups in total. The van der Waals surface area contributed by atoms with E-state index in [0.717, 1.165) is 0 Å². The number of para-hydroxylation sites is 2. The zero-order valence-electron chi connectivity index (χ0n) is 17.5. The lowest BCUT2D eigenvalue weighted by atomic mass is 10.3. The fraction of sp³-hybridized carbons (Fsp3) is 0.333. The van der Waals surface area contributed by atoms with E-state index in [2.05, 4.69) is 0 Å². The number of hydrogen-bond acceptors (Lipinski definition) is 7. The molecule has 10 nitrogen and oxygen atoms in total. The highest BCUT2D eigenvalue weighted by Gasteiger charge is 2.28. The third-order valence-electron chi connectivity index (χ3n) is 5.34. The van der Waals surface area contributed by atoms with Gasteiger partial charge < -0.3 is 18.8 Å². The van der Waals surface area contributed by atoms with Crippen LogP contribution in [0.3, 0.4) is 0 Å². The van der Waals surface area contributed by atoms with Gasteiger partial charge in [-0.1, -0.05) is 12.1 Å². The molecule has 3 aromatic rings. The van der Waals surface area contributed by atoms with Gasteiger partial charge >= 0.3 is 5.76 Å². The monoisotopic (exact) mass is 461 g/mol. The molecule has 1 saturated heterocycles. The number of rotatable bonds is 8. The second kappa shape index (κ2) is 9.05. The van der Waals surface area contributed by atoms with Crippen molar-refractivity contribution in [1.82, 2.24) is 13.8 Å². The maximum Gasteiger partial charge on any atom is 0.420 e. The standard InChI is InChI=1S/C21H23N3O7S/c1-29-18-4-2-3-5-19(18)30-13-12-24-17-7-6-16(14-20(17)31-21(24)26)32(27,28)23-10-8-22(15-25)9-11-23/h2-7,14-15H,8-13H2,1H3. The molecule has 1 amide bonds. The first-order valence-electron chi connectivity index (χ1n) is 10.0. The summed E-state index contributed by atoms with van der Waals surface area (Å²) in [4.78, 5) is 24.8. The fourth-order valence-corrected chi connectivity index (χ4v) is 5.04. The van der Waals surface area contributed by atoms with Gasteiger partial charge in [0.2, 0.25) is 16.4 Å². The number of methoxy groups -OCH3 is 1. The predicted octanol–water partition coefficient (Wildman–Crippen LogP) is 1.14. The average Bonchev–Trinajstić information content (AvgIpc) is 3.13. The number of hydrogen-bond donors (Lipinski definition) is 0. The highest BCUT2D eigenvalue weighted by molar-refractivity contribution is 7.89. The lowest BCUT2D eigenvalue weighted by Crippen LogP contribution is -2.47. The van der Waals surface area contributed by atoms with Crippen LogP contribution in [-0.4, -0.2) is 68.5 Å². The fourth-order valence-electron chi connectivity index (χ4n) is 3.60. The van der Waals surface area contributed by atoms with Crippen molar-refractivity contribution in [3.05, 3.63) is 53.0 Å². The number of carbonyl (C=O) groups is 1. The van der Waals surface area contributed by atoms with Crippen LogP contribution >= 0.6 is 0 Å². The molecule has 0 saturated carbocycles. The summed E-state index contributed by atoms with van der Waals surface area (Å²) < 4.78 is 44.9. The Morgan fingerprint density at radius 2 is 1.78 bits per heavy atom. The van der Waals surface area contributed by atoms with Gasteiger partial charge in [-0.15, -0.1) is 0 Å². The van der Waals surface area contributed by atoms with Crippen molar-refractivity contribution in [1.29, 1.82) is 0 Å². The quantitative estimate of drug-likeness (QED) is 0.463. The SMILES string of the molecule is COc1ccccc1OCCn1c(=O)oc2cc(S(=O)(=O)N3CCN(C=O)CC3)ccc21. The Balaban J connectivity index is 1.51. The average molecular weight is 461 g/mol. The smallest absolute Gasteiger partial charge is 0.420 e. The number of nitrogens with zero attached hydrogens (tertiary/aromatic N) is 3. The summed E-state index contributed by atoms with van der Waals surface area (Å²) in [7, 11) is -2.22. The molecule has 1 aliphatic heterocycles. The maximum atomic E-state index is 13.0. The third-order valence-corrected chi connectivity index (χ3v) is 7.24. The molecule has 1 fully saturated rings. The largest absolute Gasteiger partial charge is 0.493 e. The van der Waals surface area contributed by atoms with Gasteiger partial charge in [0, 0.05) is 32.2 Å². The molecule has 4 rings (SSSR count). The molecule has 0 unspecified atom stereocenters. The van der Waals surface area contributed by atoms with E-state index in [4.69, 9.17) is 13.9 Å². The topological polar surface area (TPSA) is 111 Å². The van der Waals surface area contributed by atoms with Crippen LogP contribution < -0.4 is 15.2 Å². The maximum absolute atomic E-state index is 13.0. The highest BCUT2D eigenvalue weighted by Crippen LogP contribution is 2.26. The van der Waals surface area contributed by atoms with Gasteiger partial charge in [-0.2, -0.15) is 4.31 Å². The second-order valence-electron chi connectivity index (χ2n) is 7.19. The number of piperazine rings is 1. The van der Waals surface area contributed by atoms with Crippen molar-refractivity contribution in [3.8, 4) is 11.5 Å². The Morgan fingerprint density at radius 3 is 2.47 bits per heavy atom. The molecule has 1 aromatic heterocycles. The Hall–Kier alpha value is -3.31. The van der Waals surface area contributed by atoms with Gasteiger partial charge in [-0.3, -0.25) is 9.36 Å². The minimum absolute atomic E-state index is 0.0377. The van der Waals surface area contributed by atoms with Crippen molar-refractivity contribution in [2.75, 3.05) is 39.9 Å². The summed E-state index contributed by atoms with van der Waals surface area (Å²) in [6.45, 7) is 1.50. The van der Waals surface area contributed by atoms with Crippen molar-refractivity contribution in [2.45, 2.75) is 11.4 Å². The van der Waals surface area contributed by atoms with Crippen LogP contribution in [0.2, 0.25) is 0 Å². The van der Waals surface area contributed by atoms with Crippen LogP contribution in [0.1, 0.15) is 0 Å². The Kier molecular flexibility index (Phi) is 6.19.